The number of carbonyl (C=O) groups is 3. The van der Waals surface area contributed by atoms with Crippen molar-refractivity contribution < 1.29 is 23.9 Å². The third kappa shape index (κ3) is 2.61. The molecule has 1 unspecified atom stereocenters. The number of esters is 2. The molecule has 2 aliphatic rings. The van der Waals surface area contributed by atoms with Gasteiger partial charge in [-0.25, -0.2) is 4.79 Å². The maximum absolute atomic E-state index is 12.1. The molecule has 1 fully saturated rings. The van der Waals surface area contributed by atoms with Crippen LogP contribution in [0.1, 0.15) is 27.7 Å². The summed E-state index contributed by atoms with van der Waals surface area (Å²) >= 11 is 1.25. The van der Waals surface area contributed by atoms with Crippen molar-refractivity contribution in [2.45, 2.75) is 44.5 Å². The third-order valence-corrected chi connectivity index (χ3v) is 5.00. The fourth-order valence-electron chi connectivity index (χ4n) is 2.15. The molecule has 0 aromatic carbocycles. The standard InChI is InChI=1S/C14H20N2O5S/c1-6-8(11(18)20-5)16-9(17)7(15)10(16)22-12(6)21-13(19)14(2,3)4/h7,10,12H,15H2,1-5H3/t7-,10-,12?/m1/s1. The van der Waals surface area contributed by atoms with Crippen LogP contribution in [0.25, 0.3) is 0 Å². The Balaban J connectivity index is 2.34. The van der Waals surface area contributed by atoms with Crippen LogP contribution in [-0.2, 0) is 23.9 Å². The van der Waals surface area contributed by atoms with Crippen LogP contribution >= 0.6 is 11.8 Å². The van der Waals surface area contributed by atoms with Gasteiger partial charge in [-0.2, -0.15) is 0 Å². The Labute approximate surface area is 133 Å². The van der Waals surface area contributed by atoms with Crippen molar-refractivity contribution in [3.05, 3.63) is 11.3 Å². The number of amides is 1. The number of fused-ring (bicyclic) bond motifs is 1. The second-order valence-corrected chi connectivity index (χ2v) is 7.45. The highest BCUT2D eigenvalue weighted by molar-refractivity contribution is 8.00. The molecule has 22 heavy (non-hydrogen) atoms. The first-order chi connectivity index (χ1) is 10.1. The average molecular weight is 328 g/mol. The van der Waals surface area contributed by atoms with Gasteiger partial charge in [0, 0.05) is 5.57 Å². The Morgan fingerprint density at radius 2 is 1.91 bits per heavy atom. The molecule has 0 aromatic heterocycles. The Bertz CT molecular complexity index is 566. The second kappa shape index (κ2) is 5.58. The Kier molecular flexibility index (Phi) is 4.27. The molecule has 0 aliphatic carbocycles. The summed E-state index contributed by atoms with van der Waals surface area (Å²) in [6, 6.07) is -0.714. The number of rotatable bonds is 2. The summed E-state index contributed by atoms with van der Waals surface area (Å²) in [6.07, 6.45) is 0. The van der Waals surface area contributed by atoms with Crippen molar-refractivity contribution in [3.8, 4) is 0 Å². The lowest BCUT2D eigenvalue weighted by Crippen LogP contribution is -2.69. The second-order valence-electron chi connectivity index (χ2n) is 6.27. The summed E-state index contributed by atoms with van der Waals surface area (Å²) < 4.78 is 10.2. The van der Waals surface area contributed by atoms with Gasteiger partial charge < -0.3 is 15.2 Å². The summed E-state index contributed by atoms with van der Waals surface area (Å²) in [5.74, 6) is -1.36. The van der Waals surface area contributed by atoms with Crippen LogP contribution in [-0.4, -0.2) is 46.7 Å². The minimum absolute atomic E-state index is 0.115. The molecule has 1 amide bonds. The van der Waals surface area contributed by atoms with Crippen molar-refractivity contribution in [3.63, 3.8) is 0 Å². The van der Waals surface area contributed by atoms with Gasteiger partial charge in [0.05, 0.1) is 12.5 Å². The molecule has 0 spiro atoms. The molecule has 0 saturated carbocycles. The van der Waals surface area contributed by atoms with Crippen LogP contribution in [0.2, 0.25) is 0 Å². The lowest BCUT2D eigenvalue weighted by Gasteiger charge is -2.49. The van der Waals surface area contributed by atoms with Crippen molar-refractivity contribution >= 4 is 29.6 Å². The topological polar surface area (TPSA) is 98.9 Å². The predicted octanol–water partition coefficient (Wildman–Crippen LogP) is 0.591. The number of hydrogen-bond donors (Lipinski definition) is 1. The zero-order chi connectivity index (χ0) is 16.8. The summed E-state index contributed by atoms with van der Waals surface area (Å²) in [5.41, 5.74) is 5.04. The van der Waals surface area contributed by atoms with Gasteiger partial charge in [0.1, 0.15) is 17.1 Å². The molecule has 122 valence electrons. The number of nitrogens with zero attached hydrogens (tertiary/aromatic N) is 1. The molecule has 2 heterocycles. The Morgan fingerprint density at radius 3 is 2.41 bits per heavy atom. The molecular weight excluding hydrogens is 308 g/mol. The third-order valence-electron chi connectivity index (χ3n) is 3.52. The van der Waals surface area contributed by atoms with E-state index < -0.39 is 28.2 Å². The molecule has 2 aliphatic heterocycles. The zero-order valence-electron chi connectivity index (χ0n) is 13.2. The monoisotopic (exact) mass is 328 g/mol. The quantitative estimate of drug-likeness (QED) is 0.585. The van der Waals surface area contributed by atoms with E-state index >= 15 is 0 Å². The molecular formula is C14H20N2O5S. The molecule has 0 bridgehead atoms. The fourth-order valence-corrected chi connectivity index (χ4v) is 3.47. The number of methoxy groups -OCH3 is 1. The highest BCUT2D eigenvalue weighted by Gasteiger charge is 2.54. The van der Waals surface area contributed by atoms with Crippen LogP contribution in [0.4, 0.5) is 0 Å². The van der Waals surface area contributed by atoms with Gasteiger partial charge in [0.2, 0.25) is 5.91 Å². The van der Waals surface area contributed by atoms with Crippen LogP contribution in [0, 0.1) is 5.41 Å². The lowest BCUT2D eigenvalue weighted by molar-refractivity contribution is -0.155. The number of carbonyl (C=O) groups excluding carboxylic acids is 3. The van der Waals surface area contributed by atoms with E-state index in [1.807, 2.05) is 0 Å². The van der Waals surface area contributed by atoms with Crippen molar-refractivity contribution in [2.75, 3.05) is 7.11 Å². The largest absolute Gasteiger partial charge is 0.464 e. The molecule has 2 rings (SSSR count). The predicted molar refractivity (Wildman–Crippen MR) is 80.3 cm³/mol. The minimum Gasteiger partial charge on any atom is -0.464 e. The van der Waals surface area contributed by atoms with Crippen LogP contribution in [0.15, 0.2) is 11.3 Å². The molecule has 2 N–H and O–H groups in total. The Hall–Kier alpha value is -1.54. The summed E-state index contributed by atoms with van der Waals surface area (Å²) in [5, 5.41) is -0.428. The van der Waals surface area contributed by atoms with Gasteiger partial charge in [-0.1, -0.05) is 11.8 Å². The molecule has 3 atom stereocenters. The zero-order valence-corrected chi connectivity index (χ0v) is 14.0. The number of ether oxygens (including phenoxy) is 2. The smallest absolute Gasteiger partial charge is 0.354 e. The van der Waals surface area contributed by atoms with E-state index in [-0.39, 0.29) is 17.6 Å². The van der Waals surface area contributed by atoms with Crippen molar-refractivity contribution in [1.29, 1.82) is 0 Å². The summed E-state index contributed by atoms with van der Waals surface area (Å²) in [4.78, 5) is 37.3. The van der Waals surface area contributed by atoms with E-state index in [2.05, 4.69) is 0 Å². The minimum atomic E-state index is -0.714. The highest BCUT2D eigenvalue weighted by atomic mass is 32.2. The van der Waals surface area contributed by atoms with E-state index in [9.17, 15) is 14.4 Å². The van der Waals surface area contributed by atoms with Gasteiger partial charge in [-0.3, -0.25) is 14.5 Å². The summed E-state index contributed by atoms with van der Waals surface area (Å²) in [7, 11) is 1.24. The van der Waals surface area contributed by atoms with E-state index in [1.165, 1.54) is 23.8 Å². The van der Waals surface area contributed by atoms with Gasteiger partial charge in [0.25, 0.3) is 0 Å². The van der Waals surface area contributed by atoms with Gasteiger partial charge in [0.15, 0.2) is 5.44 Å². The maximum Gasteiger partial charge on any atom is 0.354 e. The Morgan fingerprint density at radius 1 is 1.32 bits per heavy atom. The van der Waals surface area contributed by atoms with E-state index in [1.54, 1.807) is 27.7 Å². The number of β-lactam (4-membered cyclic amide) rings is 1. The summed E-state index contributed by atoms with van der Waals surface area (Å²) in [6.45, 7) is 6.88. The molecule has 7 nitrogen and oxygen atoms in total. The fraction of sp³-hybridized carbons (Fsp3) is 0.643. The number of hydrogen-bond acceptors (Lipinski definition) is 7. The number of thioether (sulfide) groups is 1. The average Bonchev–Trinajstić information content (AvgIpc) is 2.46. The normalized spacial score (nSPS) is 28.0. The molecule has 8 heteroatoms. The van der Waals surface area contributed by atoms with Gasteiger partial charge in [-0.05, 0) is 27.7 Å². The van der Waals surface area contributed by atoms with Crippen molar-refractivity contribution in [2.24, 2.45) is 11.1 Å². The highest BCUT2D eigenvalue weighted by Crippen LogP contribution is 2.44. The molecule has 0 aromatic rings. The van der Waals surface area contributed by atoms with Gasteiger partial charge >= 0.3 is 11.9 Å². The van der Waals surface area contributed by atoms with Gasteiger partial charge in [-0.15, -0.1) is 0 Å². The maximum atomic E-state index is 12.1. The van der Waals surface area contributed by atoms with E-state index in [4.69, 9.17) is 15.2 Å². The molecule has 1 saturated heterocycles. The van der Waals surface area contributed by atoms with E-state index in [0.717, 1.165) is 0 Å². The van der Waals surface area contributed by atoms with Crippen molar-refractivity contribution in [1.82, 2.24) is 4.90 Å². The lowest BCUT2D eigenvalue weighted by atomic mass is 9.97. The van der Waals surface area contributed by atoms with Crippen LogP contribution in [0.3, 0.4) is 0 Å². The number of nitrogens with two attached hydrogens (primary N) is 1. The SMILES string of the molecule is COC(=O)C1=C(C)C(OC(=O)C(C)(C)C)S[C@@H]2[C@H](N)C(=O)N12. The van der Waals surface area contributed by atoms with E-state index in [0.29, 0.717) is 5.57 Å². The molecule has 0 radical (unpaired) electrons. The first-order valence-corrected chi connectivity index (χ1v) is 7.78. The van der Waals surface area contributed by atoms with Crippen LogP contribution < -0.4 is 5.73 Å². The first kappa shape index (κ1) is 16.8. The first-order valence-electron chi connectivity index (χ1n) is 6.84. The van der Waals surface area contributed by atoms with Crippen LogP contribution in [0.5, 0.6) is 0 Å².